The van der Waals surface area contributed by atoms with E-state index in [1.807, 2.05) is 0 Å². The summed E-state index contributed by atoms with van der Waals surface area (Å²) in [4.78, 5) is 11.2. The van der Waals surface area contributed by atoms with Crippen molar-refractivity contribution in [1.82, 2.24) is 4.57 Å². The van der Waals surface area contributed by atoms with E-state index in [1.54, 1.807) is 10.6 Å². The van der Waals surface area contributed by atoms with Crippen LogP contribution in [-0.4, -0.2) is 22.0 Å². The fourth-order valence-electron chi connectivity index (χ4n) is 2.88. The summed E-state index contributed by atoms with van der Waals surface area (Å²) in [6, 6.07) is 8.47. The van der Waals surface area contributed by atoms with Gasteiger partial charge in [0.15, 0.2) is 0 Å². The first-order chi connectivity index (χ1) is 13.0. The van der Waals surface area contributed by atoms with Crippen LogP contribution in [0.3, 0.4) is 0 Å². The summed E-state index contributed by atoms with van der Waals surface area (Å²) in [6.07, 6.45) is -5.16. The Morgan fingerprint density at radius 3 is 2.43 bits per heavy atom. The number of nitrogens with zero attached hydrogens (tertiary/aromatic N) is 1. The first-order valence-electron chi connectivity index (χ1n) is 7.77. The Bertz CT molecular complexity index is 1060. The summed E-state index contributed by atoms with van der Waals surface area (Å²) in [5, 5.41) is 10.3. The Hall–Kier alpha value is -2.09. The van der Waals surface area contributed by atoms with Crippen molar-refractivity contribution >= 4 is 51.7 Å². The normalized spacial score (nSPS) is 11.8. The zero-order chi connectivity index (χ0) is 20.6. The summed E-state index contributed by atoms with van der Waals surface area (Å²) in [5.74, 6) is -1.46. The zero-order valence-electron chi connectivity index (χ0n) is 13.9. The number of carboxylic acid groups (broad SMARTS) is 1. The molecule has 148 valence electrons. The number of carboxylic acids is 1. The molecule has 1 N–H and O–H groups in total. The van der Waals surface area contributed by atoms with Gasteiger partial charge in [-0.05, 0) is 29.8 Å². The second kappa shape index (κ2) is 7.73. The second-order valence-corrected chi connectivity index (χ2v) is 7.08. The molecule has 2 aromatic carbocycles. The predicted octanol–water partition coefficient (Wildman–Crippen LogP) is 6.18. The third kappa shape index (κ3) is 4.48. The molecule has 0 fully saturated rings. The van der Waals surface area contributed by atoms with Gasteiger partial charge in [-0.25, -0.2) is 0 Å². The van der Waals surface area contributed by atoms with E-state index >= 15 is 0 Å². The summed E-state index contributed by atoms with van der Waals surface area (Å²) in [7, 11) is 0. The lowest BCUT2D eigenvalue weighted by atomic mass is 10.1. The summed E-state index contributed by atoms with van der Waals surface area (Å²) in [6.45, 7) is 0.0714. The maximum Gasteiger partial charge on any atom is 0.573 e. The molecule has 28 heavy (non-hydrogen) atoms. The molecule has 0 unspecified atom stereocenters. The molecule has 0 radical (unpaired) electrons. The number of halogens is 6. The maximum atomic E-state index is 12.4. The molecule has 0 saturated carbocycles. The molecule has 0 bridgehead atoms. The van der Waals surface area contributed by atoms with Crippen LogP contribution in [0.5, 0.6) is 5.75 Å². The maximum absolute atomic E-state index is 12.4. The first kappa shape index (κ1) is 20.6. The van der Waals surface area contributed by atoms with Crippen molar-refractivity contribution in [1.29, 1.82) is 0 Å². The number of aliphatic carboxylic acids is 1. The number of benzene rings is 2. The lowest BCUT2D eigenvalue weighted by Gasteiger charge is -2.12. The molecule has 3 aromatic rings. The quantitative estimate of drug-likeness (QED) is 0.503. The van der Waals surface area contributed by atoms with Crippen LogP contribution in [0.4, 0.5) is 13.2 Å². The van der Waals surface area contributed by atoms with Gasteiger partial charge in [-0.15, -0.1) is 13.2 Å². The number of hydrogen-bond acceptors (Lipinski definition) is 2. The highest BCUT2D eigenvalue weighted by Gasteiger charge is 2.31. The fourth-order valence-corrected chi connectivity index (χ4v) is 3.52. The summed E-state index contributed by atoms with van der Waals surface area (Å²) in [5.41, 5.74) is 1.32. The van der Waals surface area contributed by atoms with Crippen LogP contribution in [0.2, 0.25) is 15.2 Å². The van der Waals surface area contributed by atoms with Gasteiger partial charge in [0.2, 0.25) is 0 Å². The molecule has 1 aromatic heterocycles. The monoisotopic (exact) mass is 451 g/mol. The lowest BCUT2D eigenvalue weighted by Crippen LogP contribution is -2.17. The SMILES string of the molecule is O=C(O)Cc1c(Cl)n(Cc2cccc(OC(F)(F)F)c2)c2cc(Cl)c(Cl)cc12. The minimum absolute atomic E-state index is 0.0714. The number of carbonyl (C=O) groups is 1. The van der Waals surface area contributed by atoms with Crippen LogP contribution in [0.1, 0.15) is 11.1 Å². The Kier molecular flexibility index (Phi) is 5.70. The van der Waals surface area contributed by atoms with Gasteiger partial charge in [-0.2, -0.15) is 0 Å². The van der Waals surface area contributed by atoms with Crippen molar-refractivity contribution in [3.05, 3.63) is 62.7 Å². The number of rotatable bonds is 5. The van der Waals surface area contributed by atoms with Crippen LogP contribution in [0.15, 0.2) is 36.4 Å². The number of aromatic nitrogens is 1. The number of ether oxygens (including phenoxy) is 1. The molecule has 4 nitrogen and oxygen atoms in total. The minimum Gasteiger partial charge on any atom is -0.481 e. The van der Waals surface area contributed by atoms with Crippen molar-refractivity contribution in [3.63, 3.8) is 0 Å². The highest BCUT2D eigenvalue weighted by Crippen LogP contribution is 2.36. The van der Waals surface area contributed by atoms with Gasteiger partial charge in [-0.3, -0.25) is 4.79 Å². The van der Waals surface area contributed by atoms with Crippen molar-refractivity contribution in [2.24, 2.45) is 0 Å². The summed E-state index contributed by atoms with van der Waals surface area (Å²) >= 11 is 18.5. The van der Waals surface area contributed by atoms with Crippen LogP contribution in [-0.2, 0) is 17.8 Å². The molecule has 0 amide bonds. The molecule has 0 spiro atoms. The van der Waals surface area contributed by atoms with E-state index in [9.17, 15) is 18.0 Å². The van der Waals surface area contributed by atoms with Crippen LogP contribution in [0.25, 0.3) is 10.9 Å². The van der Waals surface area contributed by atoms with E-state index < -0.39 is 12.3 Å². The number of fused-ring (bicyclic) bond motifs is 1. The smallest absolute Gasteiger partial charge is 0.481 e. The van der Waals surface area contributed by atoms with E-state index in [1.165, 1.54) is 30.3 Å². The van der Waals surface area contributed by atoms with Crippen LogP contribution < -0.4 is 4.74 Å². The van der Waals surface area contributed by atoms with Crippen LogP contribution >= 0.6 is 34.8 Å². The second-order valence-electron chi connectivity index (χ2n) is 5.90. The van der Waals surface area contributed by atoms with Gasteiger partial charge < -0.3 is 14.4 Å². The van der Waals surface area contributed by atoms with E-state index in [-0.39, 0.29) is 33.9 Å². The van der Waals surface area contributed by atoms with Gasteiger partial charge in [-0.1, -0.05) is 46.9 Å². The molecular formula is C18H11Cl3F3NO3. The largest absolute Gasteiger partial charge is 0.573 e. The Morgan fingerprint density at radius 1 is 1.11 bits per heavy atom. The third-order valence-corrected chi connectivity index (χ3v) is 5.10. The molecule has 10 heteroatoms. The fraction of sp³-hybridized carbons (Fsp3) is 0.167. The molecule has 0 aliphatic heterocycles. The molecule has 0 aliphatic carbocycles. The van der Waals surface area contributed by atoms with Gasteiger partial charge in [0, 0.05) is 17.5 Å². The highest BCUT2D eigenvalue weighted by molar-refractivity contribution is 6.43. The number of hydrogen-bond donors (Lipinski definition) is 1. The van der Waals surface area contributed by atoms with Gasteiger partial charge in [0.05, 0.1) is 22.0 Å². The topological polar surface area (TPSA) is 51.5 Å². The average Bonchev–Trinajstić information content (AvgIpc) is 2.79. The van der Waals surface area contributed by atoms with Crippen molar-refractivity contribution < 1.29 is 27.8 Å². The lowest BCUT2D eigenvalue weighted by molar-refractivity contribution is -0.274. The molecule has 0 aliphatic rings. The molecule has 0 saturated heterocycles. The van der Waals surface area contributed by atoms with Gasteiger partial charge in [0.1, 0.15) is 10.9 Å². The van der Waals surface area contributed by atoms with E-state index in [2.05, 4.69) is 4.74 Å². The molecular weight excluding hydrogens is 442 g/mol. The molecule has 3 rings (SSSR count). The van der Waals surface area contributed by atoms with Crippen molar-refractivity contribution in [3.8, 4) is 5.75 Å². The molecule has 1 heterocycles. The standard InChI is InChI=1S/C18H11Cl3F3NO3/c19-13-5-11-12(6-16(26)27)17(21)25(15(11)7-14(13)20)8-9-2-1-3-10(4-9)28-18(22,23)24/h1-5,7H,6,8H2,(H,26,27). The Morgan fingerprint density at radius 2 is 1.79 bits per heavy atom. The van der Waals surface area contributed by atoms with Crippen molar-refractivity contribution in [2.45, 2.75) is 19.3 Å². The minimum atomic E-state index is -4.81. The van der Waals surface area contributed by atoms with Gasteiger partial charge >= 0.3 is 12.3 Å². The highest BCUT2D eigenvalue weighted by atomic mass is 35.5. The van der Waals surface area contributed by atoms with Gasteiger partial charge in [0.25, 0.3) is 0 Å². The Balaban J connectivity index is 2.08. The Labute approximate surface area is 172 Å². The molecule has 0 atom stereocenters. The average molecular weight is 453 g/mol. The summed E-state index contributed by atoms with van der Waals surface area (Å²) < 4.78 is 42.8. The first-order valence-corrected chi connectivity index (χ1v) is 8.90. The number of alkyl halides is 3. The van der Waals surface area contributed by atoms with E-state index in [0.29, 0.717) is 22.0 Å². The van der Waals surface area contributed by atoms with E-state index in [4.69, 9.17) is 39.9 Å². The van der Waals surface area contributed by atoms with Crippen LogP contribution in [0, 0.1) is 0 Å². The zero-order valence-corrected chi connectivity index (χ0v) is 16.1. The predicted molar refractivity (Wildman–Crippen MR) is 101 cm³/mol. The van der Waals surface area contributed by atoms with Crippen molar-refractivity contribution in [2.75, 3.05) is 0 Å². The van der Waals surface area contributed by atoms with E-state index in [0.717, 1.165) is 0 Å². The third-order valence-electron chi connectivity index (χ3n) is 3.94.